The van der Waals surface area contributed by atoms with Crippen LogP contribution < -0.4 is 9.64 Å². The molecule has 2 aromatic heterocycles. The van der Waals surface area contributed by atoms with Gasteiger partial charge in [0.15, 0.2) is 5.82 Å². The number of benzene rings is 4. The Morgan fingerprint density at radius 3 is 2.53 bits per heavy atom. The van der Waals surface area contributed by atoms with E-state index < -0.39 is 0 Å². The second-order valence-electron chi connectivity index (χ2n) is 8.98. The second kappa shape index (κ2) is 8.50. The molecule has 0 atom stereocenters. The summed E-state index contributed by atoms with van der Waals surface area (Å²) in [5.41, 5.74) is 7.37. The number of imidazole rings is 1. The zero-order valence-electron chi connectivity index (χ0n) is 19.6. The number of aromatic amines is 1. The molecule has 0 amide bonds. The van der Waals surface area contributed by atoms with Crippen LogP contribution in [0.2, 0.25) is 0 Å². The van der Waals surface area contributed by atoms with Crippen LogP contribution in [-0.2, 0) is 6.54 Å². The molecule has 0 aliphatic carbocycles. The van der Waals surface area contributed by atoms with Crippen LogP contribution >= 0.6 is 0 Å². The summed E-state index contributed by atoms with van der Waals surface area (Å²) in [6.45, 7) is 2.02. The molecule has 36 heavy (non-hydrogen) atoms. The molecule has 0 saturated heterocycles. The van der Waals surface area contributed by atoms with Crippen LogP contribution in [0.25, 0.3) is 44.5 Å². The molecule has 0 unspecified atom stereocenters. The Bertz CT molecular complexity index is 1710. The van der Waals surface area contributed by atoms with Crippen molar-refractivity contribution < 1.29 is 4.74 Å². The van der Waals surface area contributed by atoms with E-state index in [0.717, 1.165) is 68.1 Å². The molecule has 6 nitrogen and oxygen atoms in total. The van der Waals surface area contributed by atoms with E-state index in [1.54, 1.807) is 6.33 Å². The highest BCUT2D eigenvalue weighted by molar-refractivity contribution is 5.91. The lowest BCUT2D eigenvalue weighted by molar-refractivity contribution is 0.331. The first-order chi connectivity index (χ1) is 17.8. The van der Waals surface area contributed by atoms with Gasteiger partial charge in [0.2, 0.25) is 0 Å². The molecule has 0 spiro atoms. The van der Waals surface area contributed by atoms with Crippen molar-refractivity contribution in [1.82, 2.24) is 19.9 Å². The van der Waals surface area contributed by atoms with Gasteiger partial charge in [-0.25, -0.2) is 15.0 Å². The van der Waals surface area contributed by atoms with E-state index in [1.165, 1.54) is 0 Å². The van der Waals surface area contributed by atoms with E-state index >= 15 is 0 Å². The summed E-state index contributed by atoms with van der Waals surface area (Å²) in [4.78, 5) is 19.8. The van der Waals surface area contributed by atoms with E-state index in [2.05, 4.69) is 69.5 Å². The molecular weight excluding hydrogens is 446 g/mol. The van der Waals surface area contributed by atoms with E-state index in [9.17, 15) is 0 Å². The van der Waals surface area contributed by atoms with Gasteiger partial charge in [0.25, 0.3) is 0 Å². The number of aromatic nitrogens is 4. The summed E-state index contributed by atoms with van der Waals surface area (Å²) in [7, 11) is 0. The minimum Gasteiger partial charge on any atom is -0.491 e. The highest BCUT2D eigenvalue weighted by Crippen LogP contribution is 2.34. The van der Waals surface area contributed by atoms with Crippen LogP contribution in [0.3, 0.4) is 0 Å². The smallest absolute Gasteiger partial charge is 0.162 e. The fourth-order valence-corrected chi connectivity index (χ4v) is 4.89. The predicted octanol–water partition coefficient (Wildman–Crippen LogP) is 6.24. The van der Waals surface area contributed by atoms with Crippen molar-refractivity contribution >= 4 is 27.8 Å². The third-order valence-corrected chi connectivity index (χ3v) is 6.71. The lowest BCUT2D eigenvalue weighted by Crippen LogP contribution is -2.26. The number of nitrogens with zero attached hydrogens (tertiary/aromatic N) is 4. The van der Waals surface area contributed by atoms with Crippen molar-refractivity contribution in [2.24, 2.45) is 0 Å². The molecule has 4 aromatic carbocycles. The van der Waals surface area contributed by atoms with Crippen LogP contribution in [0, 0.1) is 0 Å². The van der Waals surface area contributed by atoms with Crippen molar-refractivity contribution in [3.8, 4) is 28.3 Å². The number of hydrogen-bond acceptors (Lipinski definition) is 5. The van der Waals surface area contributed by atoms with E-state index in [-0.39, 0.29) is 0 Å². The van der Waals surface area contributed by atoms with Crippen LogP contribution in [-0.4, -0.2) is 33.1 Å². The number of para-hydroxylation sites is 1. The summed E-state index contributed by atoms with van der Waals surface area (Å²) >= 11 is 0. The molecule has 3 heterocycles. The Kier molecular flexibility index (Phi) is 4.87. The summed E-state index contributed by atoms with van der Waals surface area (Å²) in [6, 6.07) is 31.1. The Morgan fingerprint density at radius 1 is 0.750 bits per heavy atom. The van der Waals surface area contributed by atoms with Gasteiger partial charge < -0.3 is 14.6 Å². The zero-order chi connectivity index (χ0) is 23.9. The first kappa shape index (κ1) is 20.6. The number of rotatable bonds is 3. The van der Waals surface area contributed by atoms with E-state index in [4.69, 9.17) is 14.7 Å². The van der Waals surface area contributed by atoms with Crippen molar-refractivity contribution in [3.05, 3.63) is 103 Å². The van der Waals surface area contributed by atoms with Gasteiger partial charge >= 0.3 is 0 Å². The maximum Gasteiger partial charge on any atom is 0.162 e. The van der Waals surface area contributed by atoms with E-state index in [1.807, 2.05) is 36.4 Å². The van der Waals surface area contributed by atoms with Crippen LogP contribution in [0.4, 0.5) is 5.82 Å². The molecule has 0 radical (unpaired) electrons. The molecule has 6 heteroatoms. The molecule has 0 saturated carbocycles. The van der Waals surface area contributed by atoms with Gasteiger partial charge in [-0.05, 0) is 47.5 Å². The lowest BCUT2D eigenvalue weighted by Gasteiger charge is -2.23. The van der Waals surface area contributed by atoms with Crippen molar-refractivity contribution in [2.45, 2.75) is 6.54 Å². The van der Waals surface area contributed by atoms with Gasteiger partial charge in [0.1, 0.15) is 18.2 Å². The zero-order valence-corrected chi connectivity index (χ0v) is 19.6. The number of hydrogen-bond donors (Lipinski definition) is 1. The molecule has 0 fully saturated rings. The Balaban J connectivity index is 1.31. The highest BCUT2D eigenvalue weighted by atomic mass is 16.5. The SMILES string of the molecule is c1ccc(-c2nc(N3CCOc4ccc(-c5ccc6nc[nH]c6c5)cc4C3)c3ccccc3n2)cc1. The van der Waals surface area contributed by atoms with Crippen molar-refractivity contribution in [3.63, 3.8) is 0 Å². The first-order valence-electron chi connectivity index (χ1n) is 12.1. The lowest BCUT2D eigenvalue weighted by atomic mass is 10.0. The number of fused-ring (bicyclic) bond motifs is 3. The summed E-state index contributed by atoms with van der Waals surface area (Å²) in [5.74, 6) is 2.59. The van der Waals surface area contributed by atoms with Gasteiger partial charge in [-0.1, -0.05) is 54.6 Å². The van der Waals surface area contributed by atoms with Crippen molar-refractivity contribution in [1.29, 1.82) is 0 Å². The Morgan fingerprint density at radius 2 is 1.58 bits per heavy atom. The van der Waals surface area contributed by atoms with Crippen LogP contribution in [0.1, 0.15) is 5.56 Å². The maximum atomic E-state index is 6.17. The maximum absolute atomic E-state index is 6.17. The van der Waals surface area contributed by atoms with Gasteiger partial charge in [-0.3, -0.25) is 0 Å². The number of H-pyrrole nitrogens is 1. The van der Waals surface area contributed by atoms with Crippen molar-refractivity contribution in [2.75, 3.05) is 18.1 Å². The highest BCUT2D eigenvalue weighted by Gasteiger charge is 2.21. The fourth-order valence-electron chi connectivity index (χ4n) is 4.89. The van der Waals surface area contributed by atoms with Gasteiger partial charge in [0, 0.05) is 23.1 Å². The minimum atomic E-state index is 0.589. The average Bonchev–Trinajstić information content (AvgIpc) is 3.31. The Labute approximate surface area is 208 Å². The second-order valence-corrected chi connectivity index (χ2v) is 8.98. The average molecular weight is 470 g/mol. The fraction of sp³-hybridized carbons (Fsp3) is 0.100. The summed E-state index contributed by atoms with van der Waals surface area (Å²) in [5, 5.41) is 1.04. The van der Waals surface area contributed by atoms with E-state index in [0.29, 0.717) is 13.2 Å². The number of ether oxygens (including phenoxy) is 1. The van der Waals surface area contributed by atoms with Gasteiger partial charge in [-0.15, -0.1) is 0 Å². The number of anilines is 1. The van der Waals surface area contributed by atoms with Gasteiger partial charge in [0.05, 0.1) is 29.4 Å². The molecule has 1 aliphatic rings. The molecule has 6 aromatic rings. The predicted molar refractivity (Wildman–Crippen MR) is 143 cm³/mol. The molecule has 0 bridgehead atoms. The molecule has 174 valence electrons. The standard InChI is InChI=1S/C30H23N5O/c1-2-6-20(7-3-1)29-33-25-9-5-4-8-24(25)30(34-29)35-14-15-36-28-13-11-21(16-23(28)18-35)22-10-12-26-27(17-22)32-19-31-26/h1-13,16-17,19H,14-15,18H2,(H,31,32). The third kappa shape index (κ3) is 3.64. The monoisotopic (exact) mass is 469 g/mol. The quantitative estimate of drug-likeness (QED) is 0.332. The van der Waals surface area contributed by atoms with Crippen LogP contribution in [0.15, 0.2) is 97.3 Å². The molecule has 1 aliphatic heterocycles. The number of nitrogens with one attached hydrogen (secondary N) is 1. The summed E-state index contributed by atoms with van der Waals surface area (Å²) < 4.78 is 6.17. The largest absolute Gasteiger partial charge is 0.491 e. The van der Waals surface area contributed by atoms with Gasteiger partial charge in [-0.2, -0.15) is 0 Å². The third-order valence-electron chi connectivity index (χ3n) is 6.71. The minimum absolute atomic E-state index is 0.589. The molecular formula is C30H23N5O. The molecule has 1 N–H and O–H groups in total. The normalized spacial score (nSPS) is 13.4. The topological polar surface area (TPSA) is 66.9 Å². The Hall–Kier alpha value is -4.71. The summed E-state index contributed by atoms with van der Waals surface area (Å²) in [6.07, 6.45) is 1.73. The van der Waals surface area contributed by atoms with Crippen LogP contribution in [0.5, 0.6) is 5.75 Å². The first-order valence-corrected chi connectivity index (χ1v) is 12.1. The molecule has 7 rings (SSSR count).